The zero-order valence-corrected chi connectivity index (χ0v) is 8.19. The number of ether oxygens (including phenoxy) is 1. The largest absolute Gasteiger partial charge is 0.475 e. The Bertz CT molecular complexity index is 379. The highest BCUT2D eigenvalue weighted by atomic mass is 19.2. The first-order valence-electron chi connectivity index (χ1n) is 4.29. The minimum Gasteiger partial charge on any atom is -0.475 e. The van der Waals surface area contributed by atoms with Gasteiger partial charge in [0.15, 0.2) is 11.6 Å². The molecule has 0 aliphatic carbocycles. The molecule has 82 valence electrons. The van der Waals surface area contributed by atoms with E-state index in [1.807, 2.05) is 0 Å². The Morgan fingerprint density at radius 1 is 1.40 bits per heavy atom. The quantitative estimate of drug-likeness (QED) is 0.571. The van der Waals surface area contributed by atoms with E-state index in [1.54, 1.807) is 6.92 Å². The van der Waals surface area contributed by atoms with E-state index in [0.717, 1.165) is 5.57 Å². The number of nitrogens with zero attached hydrogens (tertiary/aromatic N) is 1. The Morgan fingerprint density at radius 2 is 2.07 bits per heavy atom. The Kier molecular flexibility index (Phi) is 3.71. The highest BCUT2D eigenvalue weighted by Gasteiger charge is 2.12. The molecule has 0 amide bonds. The van der Waals surface area contributed by atoms with Crippen LogP contribution in [-0.4, -0.2) is 11.6 Å². The molecule has 1 rings (SSSR count). The molecule has 0 radical (unpaired) electrons. The molecule has 15 heavy (non-hydrogen) atoms. The van der Waals surface area contributed by atoms with Gasteiger partial charge in [-0.1, -0.05) is 5.57 Å². The number of hydrogen-bond donors (Lipinski definition) is 0. The summed E-state index contributed by atoms with van der Waals surface area (Å²) in [6, 6.07) is 0.401. The predicted octanol–water partition coefficient (Wildman–Crippen LogP) is 2.84. The van der Waals surface area contributed by atoms with Crippen LogP contribution in [0.3, 0.4) is 0 Å². The maximum Gasteiger partial charge on any atom is 0.253 e. The van der Waals surface area contributed by atoms with Crippen LogP contribution in [0.25, 0.3) is 0 Å². The van der Waals surface area contributed by atoms with Crippen molar-refractivity contribution in [2.75, 3.05) is 6.61 Å². The second-order valence-electron chi connectivity index (χ2n) is 3.10. The van der Waals surface area contributed by atoms with Gasteiger partial charge in [-0.3, -0.25) is 0 Å². The highest BCUT2D eigenvalue weighted by molar-refractivity contribution is 5.15. The van der Waals surface area contributed by atoms with Gasteiger partial charge >= 0.3 is 0 Å². The van der Waals surface area contributed by atoms with Crippen LogP contribution in [0.5, 0.6) is 5.88 Å². The molecule has 0 saturated carbocycles. The average molecular weight is 217 g/mol. The fourth-order valence-corrected chi connectivity index (χ4v) is 0.852. The molecule has 0 aliphatic heterocycles. The van der Waals surface area contributed by atoms with Crippen molar-refractivity contribution in [3.05, 3.63) is 35.8 Å². The summed E-state index contributed by atoms with van der Waals surface area (Å²) in [4.78, 5) is 3.00. The lowest BCUT2D eigenvalue weighted by Gasteiger charge is -2.05. The summed E-state index contributed by atoms with van der Waals surface area (Å²) in [6.07, 6.45) is 0.500. The summed E-state index contributed by atoms with van der Waals surface area (Å²) in [6.45, 7) is 5.52. The van der Waals surface area contributed by atoms with Gasteiger partial charge in [0.05, 0.1) is 6.61 Å². The van der Waals surface area contributed by atoms with Crippen molar-refractivity contribution >= 4 is 0 Å². The second kappa shape index (κ2) is 4.82. The molecule has 2 nitrogen and oxygen atoms in total. The first kappa shape index (κ1) is 11.6. The van der Waals surface area contributed by atoms with Gasteiger partial charge in [0.2, 0.25) is 0 Å². The van der Waals surface area contributed by atoms with Crippen molar-refractivity contribution in [1.29, 1.82) is 0 Å². The smallest absolute Gasteiger partial charge is 0.253 e. The lowest BCUT2D eigenvalue weighted by molar-refractivity contribution is 0.282. The van der Waals surface area contributed by atoms with Crippen LogP contribution in [-0.2, 0) is 0 Å². The Balaban J connectivity index is 2.69. The van der Waals surface area contributed by atoms with E-state index < -0.39 is 23.5 Å². The molecule has 0 fully saturated rings. The van der Waals surface area contributed by atoms with Gasteiger partial charge in [0, 0.05) is 12.5 Å². The van der Waals surface area contributed by atoms with Crippen LogP contribution in [0.2, 0.25) is 0 Å². The molecule has 1 aromatic heterocycles. The molecule has 0 aromatic carbocycles. The van der Waals surface area contributed by atoms with Crippen molar-refractivity contribution in [2.45, 2.75) is 13.3 Å². The van der Waals surface area contributed by atoms with Crippen molar-refractivity contribution in [1.82, 2.24) is 4.98 Å². The molecule has 0 saturated heterocycles. The number of rotatable bonds is 4. The van der Waals surface area contributed by atoms with E-state index in [-0.39, 0.29) is 6.61 Å². The molecule has 0 aliphatic rings. The van der Waals surface area contributed by atoms with Gasteiger partial charge < -0.3 is 4.74 Å². The van der Waals surface area contributed by atoms with Crippen LogP contribution in [0.15, 0.2) is 18.2 Å². The number of hydrogen-bond acceptors (Lipinski definition) is 2. The molecule has 0 atom stereocenters. The third kappa shape index (κ3) is 3.27. The molecule has 0 spiro atoms. The molecule has 5 heteroatoms. The number of halogens is 3. The SMILES string of the molecule is C=C(C)CCOc1nc(F)c(F)cc1F. The summed E-state index contributed by atoms with van der Waals surface area (Å²) >= 11 is 0. The molecule has 1 heterocycles. The summed E-state index contributed by atoms with van der Waals surface area (Å²) in [5.41, 5.74) is 0.845. The summed E-state index contributed by atoms with van der Waals surface area (Å²) in [7, 11) is 0. The van der Waals surface area contributed by atoms with Crippen molar-refractivity contribution < 1.29 is 17.9 Å². The van der Waals surface area contributed by atoms with E-state index in [2.05, 4.69) is 11.6 Å². The number of pyridine rings is 1. The Morgan fingerprint density at radius 3 is 2.67 bits per heavy atom. The fourth-order valence-electron chi connectivity index (χ4n) is 0.852. The minimum atomic E-state index is -1.37. The Labute approximate surface area is 85.4 Å². The molecular weight excluding hydrogens is 207 g/mol. The molecule has 0 N–H and O–H groups in total. The summed E-state index contributed by atoms with van der Waals surface area (Å²) in [5.74, 6) is -4.26. The molecule has 0 unspecified atom stereocenters. The second-order valence-corrected chi connectivity index (χ2v) is 3.10. The van der Waals surface area contributed by atoms with Crippen molar-refractivity contribution in [2.24, 2.45) is 0 Å². The van der Waals surface area contributed by atoms with E-state index in [1.165, 1.54) is 0 Å². The lowest BCUT2D eigenvalue weighted by Crippen LogP contribution is -2.04. The summed E-state index contributed by atoms with van der Waals surface area (Å²) < 4.78 is 42.8. The van der Waals surface area contributed by atoms with Crippen LogP contribution in [0, 0.1) is 17.6 Å². The third-order valence-corrected chi connectivity index (χ3v) is 1.62. The Hall–Kier alpha value is -1.52. The standard InChI is InChI=1S/C10H10F3NO/c1-6(2)3-4-15-10-8(12)5-7(11)9(13)14-10/h5H,1,3-4H2,2H3. The van der Waals surface area contributed by atoms with Gasteiger partial charge in [0.25, 0.3) is 11.8 Å². The monoisotopic (exact) mass is 217 g/mol. The van der Waals surface area contributed by atoms with Gasteiger partial charge in [-0.05, 0) is 6.92 Å². The maximum atomic E-state index is 12.9. The predicted molar refractivity (Wildman–Crippen MR) is 49.0 cm³/mol. The van der Waals surface area contributed by atoms with Crippen molar-refractivity contribution in [3.8, 4) is 5.88 Å². The van der Waals surface area contributed by atoms with Crippen LogP contribution < -0.4 is 4.74 Å². The zero-order valence-electron chi connectivity index (χ0n) is 8.19. The fraction of sp³-hybridized carbons (Fsp3) is 0.300. The normalized spacial score (nSPS) is 10.1. The zero-order chi connectivity index (χ0) is 11.4. The van der Waals surface area contributed by atoms with Crippen LogP contribution in [0.1, 0.15) is 13.3 Å². The topological polar surface area (TPSA) is 22.1 Å². The van der Waals surface area contributed by atoms with E-state index in [9.17, 15) is 13.2 Å². The van der Waals surface area contributed by atoms with Gasteiger partial charge in [-0.2, -0.15) is 9.37 Å². The summed E-state index contributed by atoms with van der Waals surface area (Å²) in [5, 5.41) is 0. The van der Waals surface area contributed by atoms with Crippen LogP contribution in [0.4, 0.5) is 13.2 Å². The van der Waals surface area contributed by atoms with E-state index in [4.69, 9.17) is 4.74 Å². The van der Waals surface area contributed by atoms with Gasteiger partial charge in [-0.25, -0.2) is 8.78 Å². The first-order valence-corrected chi connectivity index (χ1v) is 4.29. The van der Waals surface area contributed by atoms with E-state index >= 15 is 0 Å². The van der Waals surface area contributed by atoms with Crippen LogP contribution >= 0.6 is 0 Å². The molecule has 0 bridgehead atoms. The number of aromatic nitrogens is 1. The van der Waals surface area contributed by atoms with Gasteiger partial charge in [0.1, 0.15) is 0 Å². The maximum absolute atomic E-state index is 12.9. The first-order chi connectivity index (χ1) is 7.00. The molecule has 1 aromatic rings. The van der Waals surface area contributed by atoms with Gasteiger partial charge in [-0.15, -0.1) is 6.58 Å². The molecular formula is C10H10F3NO. The van der Waals surface area contributed by atoms with Crippen molar-refractivity contribution in [3.63, 3.8) is 0 Å². The van der Waals surface area contributed by atoms with E-state index in [0.29, 0.717) is 12.5 Å². The average Bonchev–Trinajstić information content (AvgIpc) is 2.13. The highest BCUT2D eigenvalue weighted by Crippen LogP contribution is 2.16. The minimum absolute atomic E-state index is 0.129. The lowest BCUT2D eigenvalue weighted by atomic mass is 10.3. The third-order valence-electron chi connectivity index (χ3n) is 1.62.